The van der Waals surface area contributed by atoms with Gasteiger partial charge in [0.05, 0.1) is 5.41 Å². The first-order chi connectivity index (χ1) is 7.00. The van der Waals surface area contributed by atoms with Gasteiger partial charge in [0.1, 0.15) is 0 Å². The third-order valence-electron chi connectivity index (χ3n) is 2.88. The zero-order valence-electron chi connectivity index (χ0n) is 9.17. The number of hydrogen-bond donors (Lipinski definition) is 3. The molecule has 3 N–H and O–H groups in total. The van der Waals surface area contributed by atoms with Gasteiger partial charge in [-0.15, -0.1) is 0 Å². The molecule has 1 rings (SSSR count). The third kappa shape index (κ3) is 3.11. The molecule has 15 heavy (non-hydrogen) atoms. The molecule has 5 heteroatoms. The highest BCUT2D eigenvalue weighted by Gasteiger charge is 2.50. The van der Waals surface area contributed by atoms with E-state index in [0.29, 0.717) is 12.8 Å². The monoisotopic (exact) mass is 214 g/mol. The zero-order chi connectivity index (χ0) is 11.5. The Hall–Kier alpha value is -1.26. The summed E-state index contributed by atoms with van der Waals surface area (Å²) in [6.07, 6.45) is 2.18. The van der Waals surface area contributed by atoms with E-state index in [1.54, 1.807) is 0 Å². The number of aliphatic carboxylic acids is 1. The van der Waals surface area contributed by atoms with Gasteiger partial charge in [-0.3, -0.25) is 4.79 Å². The van der Waals surface area contributed by atoms with Crippen molar-refractivity contribution in [1.29, 1.82) is 0 Å². The Bertz CT molecular complexity index is 261. The number of carboxylic acids is 1. The normalized spacial score (nSPS) is 19.1. The van der Waals surface area contributed by atoms with Gasteiger partial charge in [-0.2, -0.15) is 0 Å². The number of carbonyl (C=O) groups is 2. The Balaban J connectivity index is 2.26. The third-order valence-corrected chi connectivity index (χ3v) is 2.88. The van der Waals surface area contributed by atoms with E-state index in [1.165, 1.54) is 0 Å². The molecule has 0 bridgehead atoms. The molecular formula is C10H18N2O3. The van der Waals surface area contributed by atoms with Crippen molar-refractivity contribution >= 4 is 12.0 Å². The Morgan fingerprint density at radius 2 is 2.07 bits per heavy atom. The summed E-state index contributed by atoms with van der Waals surface area (Å²) in [7, 11) is 0. The zero-order valence-corrected chi connectivity index (χ0v) is 9.17. The lowest BCUT2D eigenvalue weighted by Gasteiger charge is -2.15. The largest absolute Gasteiger partial charge is 0.481 e. The number of amides is 2. The van der Waals surface area contributed by atoms with Crippen LogP contribution in [-0.4, -0.2) is 29.7 Å². The Kier molecular flexibility index (Phi) is 3.55. The molecule has 0 saturated heterocycles. The second kappa shape index (κ2) is 4.51. The van der Waals surface area contributed by atoms with Crippen molar-refractivity contribution in [2.45, 2.75) is 39.2 Å². The van der Waals surface area contributed by atoms with E-state index < -0.39 is 11.4 Å². The molecule has 1 aliphatic carbocycles. The highest BCUT2D eigenvalue weighted by molar-refractivity contribution is 5.80. The summed E-state index contributed by atoms with van der Waals surface area (Å²) in [6.45, 7) is 4.11. The molecule has 2 amide bonds. The van der Waals surface area contributed by atoms with Crippen LogP contribution >= 0.6 is 0 Å². The van der Waals surface area contributed by atoms with Crippen LogP contribution in [0.3, 0.4) is 0 Å². The summed E-state index contributed by atoms with van der Waals surface area (Å²) in [4.78, 5) is 22.1. The van der Waals surface area contributed by atoms with Gasteiger partial charge in [0, 0.05) is 12.6 Å². The number of carbonyl (C=O) groups excluding carboxylic acids is 1. The lowest BCUT2D eigenvalue weighted by Crippen LogP contribution is -2.43. The van der Waals surface area contributed by atoms with Gasteiger partial charge in [0.15, 0.2) is 0 Å². The Morgan fingerprint density at radius 3 is 2.47 bits per heavy atom. The van der Waals surface area contributed by atoms with Crippen LogP contribution in [0.15, 0.2) is 0 Å². The first kappa shape index (κ1) is 11.8. The first-order valence-corrected chi connectivity index (χ1v) is 5.28. The van der Waals surface area contributed by atoms with E-state index in [1.807, 2.05) is 13.8 Å². The van der Waals surface area contributed by atoms with Crippen LogP contribution < -0.4 is 10.6 Å². The van der Waals surface area contributed by atoms with E-state index in [2.05, 4.69) is 10.6 Å². The molecule has 1 aliphatic rings. The second-order valence-electron chi connectivity index (χ2n) is 4.22. The number of rotatable bonds is 5. The molecule has 0 aromatic heterocycles. The first-order valence-electron chi connectivity index (χ1n) is 5.28. The van der Waals surface area contributed by atoms with Crippen molar-refractivity contribution in [3.05, 3.63) is 0 Å². The second-order valence-corrected chi connectivity index (χ2v) is 4.22. The Labute approximate surface area is 89.2 Å². The summed E-state index contributed by atoms with van der Waals surface area (Å²) >= 11 is 0. The van der Waals surface area contributed by atoms with Gasteiger partial charge >= 0.3 is 12.0 Å². The molecule has 0 heterocycles. The summed E-state index contributed by atoms with van der Waals surface area (Å²) in [5.74, 6) is -0.814. The molecular weight excluding hydrogens is 196 g/mol. The van der Waals surface area contributed by atoms with E-state index in [0.717, 1.165) is 6.42 Å². The topological polar surface area (TPSA) is 78.4 Å². The van der Waals surface area contributed by atoms with Crippen molar-refractivity contribution in [3.63, 3.8) is 0 Å². The minimum absolute atomic E-state index is 0.116. The lowest BCUT2D eigenvalue weighted by atomic mass is 10.1. The summed E-state index contributed by atoms with van der Waals surface area (Å²) in [5.41, 5.74) is -0.688. The van der Waals surface area contributed by atoms with Gasteiger partial charge in [-0.05, 0) is 26.2 Å². The van der Waals surface area contributed by atoms with Gasteiger partial charge in [-0.1, -0.05) is 6.92 Å². The number of nitrogens with one attached hydrogen (secondary N) is 2. The molecule has 1 saturated carbocycles. The standard InChI is InChI=1S/C10H18N2O3/c1-3-7(2)12-9(15)11-6-10(4-5-10)8(13)14/h7H,3-6H2,1-2H3,(H,13,14)(H2,11,12,15). The van der Waals surface area contributed by atoms with Gasteiger partial charge in [0.25, 0.3) is 0 Å². The van der Waals surface area contributed by atoms with Crippen LogP contribution in [0.2, 0.25) is 0 Å². The van der Waals surface area contributed by atoms with Crippen molar-refractivity contribution in [1.82, 2.24) is 10.6 Å². The maximum atomic E-state index is 11.3. The summed E-state index contributed by atoms with van der Waals surface area (Å²) in [6, 6.07) is -0.165. The summed E-state index contributed by atoms with van der Waals surface area (Å²) < 4.78 is 0. The van der Waals surface area contributed by atoms with Crippen molar-refractivity contribution in [2.24, 2.45) is 5.41 Å². The highest BCUT2D eigenvalue weighted by Crippen LogP contribution is 2.45. The SMILES string of the molecule is CCC(C)NC(=O)NCC1(C(=O)O)CC1. The molecule has 86 valence electrons. The molecule has 0 aliphatic heterocycles. The number of urea groups is 1. The predicted octanol–water partition coefficient (Wildman–Crippen LogP) is 0.949. The molecule has 1 fully saturated rings. The molecule has 0 radical (unpaired) electrons. The smallest absolute Gasteiger partial charge is 0.315 e. The quantitative estimate of drug-likeness (QED) is 0.637. The maximum absolute atomic E-state index is 11.3. The van der Waals surface area contributed by atoms with Crippen LogP contribution in [0.5, 0.6) is 0 Å². The Morgan fingerprint density at radius 1 is 1.47 bits per heavy atom. The lowest BCUT2D eigenvalue weighted by molar-refractivity contribution is -0.143. The molecule has 0 spiro atoms. The fraction of sp³-hybridized carbons (Fsp3) is 0.800. The van der Waals surface area contributed by atoms with E-state index >= 15 is 0 Å². The van der Waals surface area contributed by atoms with E-state index in [9.17, 15) is 9.59 Å². The number of hydrogen-bond acceptors (Lipinski definition) is 2. The average molecular weight is 214 g/mol. The minimum atomic E-state index is -0.814. The van der Waals surface area contributed by atoms with Crippen LogP contribution in [0.1, 0.15) is 33.1 Å². The van der Waals surface area contributed by atoms with E-state index in [4.69, 9.17) is 5.11 Å². The van der Waals surface area contributed by atoms with Crippen molar-refractivity contribution in [3.8, 4) is 0 Å². The van der Waals surface area contributed by atoms with Crippen molar-refractivity contribution in [2.75, 3.05) is 6.54 Å². The molecule has 1 unspecified atom stereocenters. The van der Waals surface area contributed by atoms with Crippen LogP contribution in [-0.2, 0) is 4.79 Å². The van der Waals surface area contributed by atoms with Crippen LogP contribution in [0.4, 0.5) is 4.79 Å². The minimum Gasteiger partial charge on any atom is -0.481 e. The molecule has 5 nitrogen and oxygen atoms in total. The van der Waals surface area contributed by atoms with Crippen LogP contribution in [0.25, 0.3) is 0 Å². The van der Waals surface area contributed by atoms with Crippen LogP contribution in [0, 0.1) is 5.41 Å². The fourth-order valence-corrected chi connectivity index (χ4v) is 1.24. The fourth-order valence-electron chi connectivity index (χ4n) is 1.24. The summed E-state index contributed by atoms with van der Waals surface area (Å²) in [5, 5.41) is 14.2. The molecule has 1 atom stereocenters. The van der Waals surface area contributed by atoms with Gasteiger partial charge in [-0.25, -0.2) is 4.79 Å². The average Bonchev–Trinajstić information content (AvgIpc) is 2.95. The van der Waals surface area contributed by atoms with Gasteiger partial charge in [0.2, 0.25) is 0 Å². The molecule has 0 aromatic rings. The maximum Gasteiger partial charge on any atom is 0.315 e. The van der Waals surface area contributed by atoms with E-state index in [-0.39, 0.29) is 18.6 Å². The molecule has 0 aromatic carbocycles. The van der Waals surface area contributed by atoms with Gasteiger partial charge < -0.3 is 15.7 Å². The predicted molar refractivity (Wildman–Crippen MR) is 55.6 cm³/mol. The highest BCUT2D eigenvalue weighted by atomic mass is 16.4. The number of carboxylic acid groups (broad SMARTS) is 1. The van der Waals surface area contributed by atoms with Crippen molar-refractivity contribution < 1.29 is 14.7 Å².